The van der Waals surface area contributed by atoms with E-state index in [2.05, 4.69) is 10.0 Å². The zero-order chi connectivity index (χ0) is 16.4. The zero-order valence-corrected chi connectivity index (χ0v) is 13.2. The number of hydrogen-bond acceptors (Lipinski definition) is 5. The number of halogens is 2. The second-order valence-corrected chi connectivity index (χ2v) is 7.31. The molecule has 0 heterocycles. The highest BCUT2D eigenvalue weighted by molar-refractivity contribution is 7.88. The molecule has 0 saturated carbocycles. The molecule has 0 radical (unpaired) electrons. The number of nitrogens with one attached hydrogen (secondary N) is 2. The van der Waals surface area contributed by atoms with Crippen LogP contribution in [0.2, 0.25) is 5.02 Å². The molecule has 0 saturated heterocycles. The van der Waals surface area contributed by atoms with Crippen LogP contribution in [-0.2, 0) is 10.0 Å². The average molecular weight is 340 g/mol. The Morgan fingerprint density at radius 3 is 2.48 bits per heavy atom. The standard InChI is InChI=1S/C11H15ClFN3O4S/c1-11(2,15-21(3,19)20)6-14-9-5-8(13)7(12)4-10(9)16(17)18/h4-5,14-15H,6H2,1-3H3. The van der Waals surface area contributed by atoms with Gasteiger partial charge in [-0.25, -0.2) is 17.5 Å². The number of sulfonamides is 1. The number of hydrogen-bond donors (Lipinski definition) is 2. The molecule has 0 aromatic heterocycles. The summed E-state index contributed by atoms with van der Waals surface area (Å²) in [5.74, 6) is -0.807. The number of rotatable bonds is 6. The van der Waals surface area contributed by atoms with Crippen molar-refractivity contribution in [1.29, 1.82) is 0 Å². The Morgan fingerprint density at radius 1 is 1.43 bits per heavy atom. The largest absolute Gasteiger partial charge is 0.378 e. The van der Waals surface area contributed by atoms with Gasteiger partial charge in [-0.05, 0) is 13.8 Å². The molecule has 118 valence electrons. The van der Waals surface area contributed by atoms with E-state index >= 15 is 0 Å². The fraction of sp³-hybridized carbons (Fsp3) is 0.455. The van der Waals surface area contributed by atoms with Crippen molar-refractivity contribution in [2.45, 2.75) is 19.4 Å². The van der Waals surface area contributed by atoms with E-state index in [1.807, 2.05) is 0 Å². The summed E-state index contributed by atoms with van der Waals surface area (Å²) in [7, 11) is -3.45. The maximum Gasteiger partial charge on any atom is 0.294 e. The predicted octanol–water partition coefficient (Wildman–Crippen LogP) is 2.13. The van der Waals surface area contributed by atoms with E-state index < -0.39 is 32.0 Å². The Balaban J connectivity index is 2.98. The highest BCUT2D eigenvalue weighted by atomic mass is 35.5. The van der Waals surface area contributed by atoms with E-state index in [4.69, 9.17) is 11.6 Å². The summed E-state index contributed by atoms with van der Waals surface area (Å²) in [4.78, 5) is 10.2. The molecule has 1 aromatic carbocycles. The van der Waals surface area contributed by atoms with E-state index in [1.54, 1.807) is 13.8 Å². The van der Waals surface area contributed by atoms with Gasteiger partial charge in [0.2, 0.25) is 10.0 Å². The van der Waals surface area contributed by atoms with Crippen LogP contribution in [0.25, 0.3) is 0 Å². The normalized spacial score (nSPS) is 12.2. The molecule has 21 heavy (non-hydrogen) atoms. The van der Waals surface area contributed by atoms with Crippen LogP contribution < -0.4 is 10.0 Å². The van der Waals surface area contributed by atoms with Crippen molar-refractivity contribution in [2.75, 3.05) is 18.1 Å². The van der Waals surface area contributed by atoms with Crippen molar-refractivity contribution < 1.29 is 17.7 Å². The zero-order valence-electron chi connectivity index (χ0n) is 11.6. The van der Waals surface area contributed by atoms with Gasteiger partial charge in [0.25, 0.3) is 5.69 Å². The molecule has 0 aliphatic carbocycles. The number of nitro benzene ring substituents is 1. The summed E-state index contributed by atoms with van der Waals surface area (Å²) >= 11 is 5.51. The van der Waals surface area contributed by atoms with Gasteiger partial charge >= 0.3 is 0 Å². The lowest BCUT2D eigenvalue weighted by Gasteiger charge is -2.25. The summed E-state index contributed by atoms with van der Waals surface area (Å²) in [6, 6.07) is 1.80. The molecule has 0 atom stereocenters. The fourth-order valence-corrected chi connectivity index (χ4v) is 2.92. The van der Waals surface area contributed by atoms with Gasteiger partial charge in [0.1, 0.15) is 11.5 Å². The Bertz CT molecular complexity index is 664. The molecule has 7 nitrogen and oxygen atoms in total. The van der Waals surface area contributed by atoms with E-state index in [0.29, 0.717) is 0 Å². The molecule has 0 fully saturated rings. The quantitative estimate of drug-likeness (QED) is 0.610. The number of benzene rings is 1. The molecule has 0 aliphatic rings. The molecule has 1 rings (SSSR count). The first-order valence-corrected chi connectivity index (χ1v) is 8.04. The van der Waals surface area contributed by atoms with Crippen molar-refractivity contribution in [3.63, 3.8) is 0 Å². The van der Waals surface area contributed by atoms with Crippen LogP contribution in [0.5, 0.6) is 0 Å². The lowest BCUT2D eigenvalue weighted by Crippen LogP contribution is -2.47. The van der Waals surface area contributed by atoms with E-state index in [1.165, 1.54) is 0 Å². The molecule has 0 aliphatic heterocycles. The maximum absolute atomic E-state index is 13.4. The van der Waals surface area contributed by atoms with Crippen molar-refractivity contribution in [3.05, 3.63) is 33.1 Å². The van der Waals surface area contributed by atoms with Crippen LogP contribution in [0.3, 0.4) is 0 Å². The summed E-state index contributed by atoms with van der Waals surface area (Å²) in [6.45, 7) is 3.18. The van der Waals surface area contributed by atoms with E-state index in [-0.39, 0.29) is 17.3 Å². The van der Waals surface area contributed by atoms with Crippen molar-refractivity contribution >= 4 is 33.0 Å². The minimum atomic E-state index is -3.45. The molecule has 0 spiro atoms. The number of nitro groups is 1. The molecular weight excluding hydrogens is 325 g/mol. The molecule has 1 aromatic rings. The van der Waals surface area contributed by atoms with Crippen molar-refractivity contribution in [1.82, 2.24) is 4.72 Å². The Hall–Kier alpha value is -1.45. The molecule has 0 unspecified atom stereocenters. The van der Waals surface area contributed by atoms with Crippen LogP contribution in [0.15, 0.2) is 12.1 Å². The van der Waals surface area contributed by atoms with Gasteiger partial charge in [-0.1, -0.05) is 11.6 Å². The van der Waals surface area contributed by atoms with Crippen LogP contribution in [0.4, 0.5) is 15.8 Å². The molecular formula is C11H15ClFN3O4S. The molecule has 0 amide bonds. The van der Waals surface area contributed by atoms with Crippen molar-refractivity contribution in [2.24, 2.45) is 0 Å². The van der Waals surface area contributed by atoms with Gasteiger partial charge < -0.3 is 5.32 Å². The first-order chi connectivity index (χ1) is 9.41. The lowest BCUT2D eigenvalue weighted by molar-refractivity contribution is -0.384. The van der Waals surface area contributed by atoms with Crippen LogP contribution in [0.1, 0.15) is 13.8 Å². The van der Waals surface area contributed by atoms with Gasteiger partial charge in [0, 0.05) is 24.2 Å². The SMILES string of the molecule is CC(C)(CNc1cc(F)c(Cl)cc1[N+](=O)[O-])NS(C)(=O)=O. The van der Waals surface area contributed by atoms with Gasteiger partial charge in [-0.15, -0.1) is 0 Å². The van der Waals surface area contributed by atoms with Crippen LogP contribution >= 0.6 is 11.6 Å². The minimum absolute atomic E-state index is 0.0159. The maximum atomic E-state index is 13.4. The van der Waals surface area contributed by atoms with Gasteiger partial charge in [-0.3, -0.25) is 10.1 Å². The molecule has 10 heteroatoms. The topological polar surface area (TPSA) is 101 Å². The minimum Gasteiger partial charge on any atom is -0.378 e. The van der Waals surface area contributed by atoms with E-state index in [9.17, 15) is 22.9 Å². The Morgan fingerprint density at radius 2 is 2.00 bits per heavy atom. The monoisotopic (exact) mass is 339 g/mol. The van der Waals surface area contributed by atoms with Gasteiger partial charge in [0.15, 0.2) is 0 Å². The van der Waals surface area contributed by atoms with Crippen LogP contribution in [-0.4, -0.2) is 31.7 Å². The van der Waals surface area contributed by atoms with E-state index in [0.717, 1.165) is 18.4 Å². The number of nitrogens with zero attached hydrogens (tertiary/aromatic N) is 1. The second kappa shape index (κ2) is 6.12. The van der Waals surface area contributed by atoms with Crippen LogP contribution in [0, 0.1) is 15.9 Å². The van der Waals surface area contributed by atoms with Crippen molar-refractivity contribution in [3.8, 4) is 0 Å². The highest BCUT2D eigenvalue weighted by Gasteiger charge is 2.24. The lowest BCUT2D eigenvalue weighted by atomic mass is 10.1. The third kappa shape index (κ3) is 5.44. The summed E-state index contributed by atoms with van der Waals surface area (Å²) in [5.41, 5.74) is -1.39. The average Bonchev–Trinajstić information content (AvgIpc) is 2.26. The Kier molecular flexibility index (Phi) is 5.13. The number of anilines is 1. The van der Waals surface area contributed by atoms with Gasteiger partial charge in [-0.2, -0.15) is 0 Å². The predicted molar refractivity (Wildman–Crippen MR) is 78.6 cm³/mol. The molecule has 0 bridgehead atoms. The Labute approximate surface area is 126 Å². The summed E-state index contributed by atoms with van der Waals surface area (Å²) in [6.07, 6.45) is 0.999. The fourth-order valence-electron chi connectivity index (χ4n) is 1.68. The summed E-state index contributed by atoms with van der Waals surface area (Å²) in [5, 5.41) is 13.2. The smallest absolute Gasteiger partial charge is 0.294 e. The molecule has 2 N–H and O–H groups in total. The third-order valence-electron chi connectivity index (χ3n) is 2.42. The third-order valence-corrected chi connectivity index (χ3v) is 3.63. The highest BCUT2D eigenvalue weighted by Crippen LogP contribution is 2.30. The first-order valence-electron chi connectivity index (χ1n) is 5.77. The second-order valence-electron chi connectivity index (χ2n) is 5.15. The van der Waals surface area contributed by atoms with Gasteiger partial charge in [0.05, 0.1) is 16.2 Å². The summed E-state index contributed by atoms with van der Waals surface area (Å²) < 4.78 is 38.2. The first kappa shape index (κ1) is 17.6.